The Labute approximate surface area is 126 Å². The topological polar surface area (TPSA) is 12.0 Å². The normalized spacial score (nSPS) is 29.6. The molecule has 0 amide bonds. The molecule has 0 aliphatic heterocycles. The van der Waals surface area contributed by atoms with E-state index in [1.165, 1.54) is 70.8 Å². The van der Waals surface area contributed by atoms with Crippen LogP contribution in [0.3, 0.4) is 0 Å². The molecule has 0 bridgehead atoms. The van der Waals surface area contributed by atoms with Gasteiger partial charge in [0.2, 0.25) is 0 Å². The van der Waals surface area contributed by atoms with Crippen LogP contribution in [0.25, 0.3) is 0 Å². The highest BCUT2D eigenvalue weighted by atomic mass is 14.8. The fourth-order valence-electron chi connectivity index (χ4n) is 3.98. The van der Waals surface area contributed by atoms with Crippen LogP contribution in [-0.4, -0.2) is 13.1 Å². The molecule has 20 heavy (non-hydrogen) atoms. The molecule has 1 nitrogen and oxygen atoms in total. The molecule has 0 spiro atoms. The van der Waals surface area contributed by atoms with Crippen molar-refractivity contribution in [2.24, 2.45) is 17.8 Å². The van der Waals surface area contributed by atoms with E-state index in [4.69, 9.17) is 0 Å². The Morgan fingerprint density at radius 2 is 1.70 bits per heavy atom. The second-order valence-electron chi connectivity index (χ2n) is 7.27. The third-order valence-electron chi connectivity index (χ3n) is 5.40. The smallest absolute Gasteiger partial charge is 0.0167 e. The molecule has 0 aromatic rings. The Kier molecular flexibility index (Phi) is 7.13. The van der Waals surface area contributed by atoms with E-state index in [-0.39, 0.29) is 0 Å². The summed E-state index contributed by atoms with van der Waals surface area (Å²) in [5.41, 5.74) is 1.76. The lowest BCUT2D eigenvalue weighted by atomic mass is 9.78. The molecule has 0 aromatic carbocycles. The van der Waals surface area contributed by atoms with Gasteiger partial charge >= 0.3 is 0 Å². The molecule has 2 aliphatic rings. The van der Waals surface area contributed by atoms with Crippen molar-refractivity contribution in [1.29, 1.82) is 0 Å². The zero-order chi connectivity index (χ0) is 14.2. The summed E-state index contributed by atoms with van der Waals surface area (Å²) in [5.74, 6) is 2.75. The standard InChI is InChI=1S/C19H35N/c1-3-13-20-15-19(18-7-5-4-6-8-18)14-17-11-9-16(2)10-12-17/h14,16-18,20H,3-13,15H2,1-2H3/b19-14-. The molecule has 0 atom stereocenters. The maximum absolute atomic E-state index is 3.66. The molecule has 2 saturated carbocycles. The summed E-state index contributed by atoms with van der Waals surface area (Å²) in [6.45, 7) is 7.01. The minimum absolute atomic E-state index is 0.881. The second-order valence-corrected chi connectivity index (χ2v) is 7.27. The van der Waals surface area contributed by atoms with Crippen molar-refractivity contribution >= 4 is 0 Å². The van der Waals surface area contributed by atoms with Crippen LogP contribution in [-0.2, 0) is 0 Å². The summed E-state index contributed by atoms with van der Waals surface area (Å²) in [7, 11) is 0. The minimum atomic E-state index is 0.881. The van der Waals surface area contributed by atoms with Crippen molar-refractivity contribution in [2.45, 2.75) is 78.1 Å². The second kappa shape index (κ2) is 8.87. The van der Waals surface area contributed by atoms with Crippen LogP contribution in [0.4, 0.5) is 0 Å². The Morgan fingerprint density at radius 1 is 1.00 bits per heavy atom. The number of allylic oxidation sites excluding steroid dienone is 1. The van der Waals surface area contributed by atoms with E-state index in [0.717, 1.165) is 24.3 Å². The Morgan fingerprint density at radius 3 is 2.35 bits per heavy atom. The predicted octanol–water partition coefficient (Wildman–Crippen LogP) is 5.32. The van der Waals surface area contributed by atoms with Crippen LogP contribution in [0.15, 0.2) is 11.6 Å². The van der Waals surface area contributed by atoms with Gasteiger partial charge in [-0.2, -0.15) is 0 Å². The summed E-state index contributed by atoms with van der Waals surface area (Å²) in [5, 5.41) is 3.66. The maximum atomic E-state index is 3.66. The highest BCUT2D eigenvalue weighted by Gasteiger charge is 2.21. The van der Waals surface area contributed by atoms with Gasteiger partial charge in [-0.3, -0.25) is 0 Å². The quantitative estimate of drug-likeness (QED) is 0.512. The van der Waals surface area contributed by atoms with E-state index in [9.17, 15) is 0 Å². The van der Waals surface area contributed by atoms with Crippen molar-refractivity contribution < 1.29 is 0 Å². The molecule has 0 heterocycles. The molecule has 0 aromatic heterocycles. The summed E-state index contributed by atoms with van der Waals surface area (Å²) in [6, 6.07) is 0. The molecule has 0 unspecified atom stereocenters. The Balaban J connectivity index is 1.92. The average Bonchev–Trinajstić information content (AvgIpc) is 2.49. The zero-order valence-corrected chi connectivity index (χ0v) is 13.8. The molecule has 0 saturated heterocycles. The van der Waals surface area contributed by atoms with Gasteiger partial charge in [-0.15, -0.1) is 0 Å². The molecule has 0 radical (unpaired) electrons. The first-order valence-corrected chi connectivity index (χ1v) is 9.21. The van der Waals surface area contributed by atoms with Crippen LogP contribution >= 0.6 is 0 Å². The summed E-state index contributed by atoms with van der Waals surface area (Å²) >= 11 is 0. The fraction of sp³-hybridized carbons (Fsp3) is 0.895. The van der Waals surface area contributed by atoms with E-state index in [1.807, 2.05) is 0 Å². The van der Waals surface area contributed by atoms with Gasteiger partial charge in [-0.1, -0.05) is 57.6 Å². The number of hydrogen-bond acceptors (Lipinski definition) is 1. The first-order chi connectivity index (χ1) is 9.79. The van der Waals surface area contributed by atoms with E-state index in [2.05, 4.69) is 25.2 Å². The van der Waals surface area contributed by atoms with Gasteiger partial charge in [-0.05, 0) is 56.4 Å². The SMILES string of the molecule is CCCNC/C(=C/C1CCC(C)CC1)C1CCCCC1. The Bertz CT molecular complexity index is 280. The lowest BCUT2D eigenvalue weighted by molar-refractivity contribution is 0.324. The van der Waals surface area contributed by atoms with Crippen molar-refractivity contribution in [3.8, 4) is 0 Å². The summed E-state index contributed by atoms with van der Waals surface area (Å²) in [6.07, 6.45) is 17.0. The molecule has 1 N–H and O–H groups in total. The molecular formula is C19H35N. The van der Waals surface area contributed by atoms with Gasteiger partial charge in [0.15, 0.2) is 0 Å². The van der Waals surface area contributed by atoms with Gasteiger partial charge in [0.1, 0.15) is 0 Å². The fourth-order valence-corrected chi connectivity index (χ4v) is 3.98. The summed E-state index contributed by atoms with van der Waals surface area (Å²) < 4.78 is 0. The number of nitrogens with one attached hydrogen (secondary N) is 1. The number of hydrogen-bond donors (Lipinski definition) is 1. The minimum Gasteiger partial charge on any atom is -0.313 e. The van der Waals surface area contributed by atoms with Crippen molar-refractivity contribution in [2.75, 3.05) is 13.1 Å². The first kappa shape index (κ1) is 16.1. The molecule has 2 aliphatic carbocycles. The molecule has 116 valence electrons. The molecule has 1 heteroatoms. The van der Waals surface area contributed by atoms with Crippen LogP contribution in [0.1, 0.15) is 78.1 Å². The Hall–Kier alpha value is -0.300. The van der Waals surface area contributed by atoms with E-state index >= 15 is 0 Å². The van der Waals surface area contributed by atoms with Gasteiger partial charge < -0.3 is 5.32 Å². The monoisotopic (exact) mass is 277 g/mol. The van der Waals surface area contributed by atoms with Crippen LogP contribution in [0.5, 0.6) is 0 Å². The van der Waals surface area contributed by atoms with Crippen LogP contribution in [0, 0.1) is 17.8 Å². The lowest BCUT2D eigenvalue weighted by Gasteiger charge is -2.29. The molecular weight excluding hydrogens is 242 g/mol. The summed E-state index contributed by atoms with van der Waals surface area (Å²) in [4.78, 5) is 0. The molecule has 2 rings (SSSR count). The van der Waals surface area contributed by atoms with Crippen molar-refractivity contribution in [1.82, 2.24) is 5.32 Å². The molecule has 2 fully saturated rings. The largest absolute Gasteiger partial charge is 0.313 e. The third-order valence-corrected chi connectivity index (χ3v) is 5.40. The van der Waals surface area contributed by atoms with Crippen LogP contribution in [0.2, 0.25) is 0 Å². The van der Waals surface area contributed by atoms with Crippen molar-refractivity contribution in [3.05, 3.63) is 11.6 Å². The zero-order valence-electron chi connectivity index (χ0n) is 13.8. The third kappa shape index (κ3) is 5.24. The maximum Gasteiger partial charge on any atom is 0.0167 e. The van der Waals surface area contributed by atoms with Gasteiger partial charge in [0, 0.05) is 6.54 Å². The highest BCUT2D eigenvalue weighted by molar-refractivity contribution is 5.12. The van der Waals surface area contributed by atoms with E-state index in [1.54, 1.807) is 5.57 Å². The average molecular weight is 277 g/mol. The van der Waals surface area contributed by atoms with Gasteiger partial charge in [0.25, 0.3) is 0 Å². The van der Waals surface area contributed by atoms with Gasteiger partial charge in [-0.25, -0.2) is 0 Å². The van der Waals surface area contributed by atoms with Crippen LogP contribution < -0.4 is 5.32 Å². The van der Waals surface area contributed by atoms with E-state index < -0.39 is 0 Å². The highest BCUT2D eigenvalue weighted by Crippen LogP contribution is 2.34. The number of rotatable bonds is 6. The van der Waals surface area contributed by atoms with Gasteiger partial charge in [0.05, 0.1) is 0 Å². The predicted molar refractivity (Wildman–Crippen MR) is 88.9 cm³/mol. The van der Waals surface area contributed by atoms with E-state index in [0.29, 0.717) is 0 Å². The van der Waals surface area contributed by atoms with Crippen molar-refractivity contribution in [3.63, 3.8) is 0 Å². The first-order valence-electron chi connectivity index (χ1n) is 9.21. The lowest BCUT2D eigenvalue weighted by Crippen LogP contribution is -2.24.